The molecule has 0 bridgehead atoms. The molecule has 0 amide bonds. The lowest BCUT2D eigenvalue weighted by Gasteiger charge is -2.19. The topological polar surface area (TPSA) is 31.2 Å². The average Bonchev–Trinajstić information content (AvgIpc) is 2.60. The van der Waals surface area contributed by atoms with Crippen LogP contribution in [0.5, 0.6) is 0 Å². The smallest absolute Gasteiger partial charge is 0.419 e. The second-order valence-corrected chi connectivity index (χ2v) is 4.84. The normalized spacial score (nSPS) is 11.8. The zero-order valence-electron chi connectivity index (χ0n) is 10.0. The van der Waals surface area contributed by atoms with E-state index in [9.17, 15) is 9.18 Å². The van der Waals surface area contributed by atoms with Crippen molar-refractivity contribution in [3.63, 3.8) is 0 Å². The molecular formula is C13H14FNO2. The van der Waals surface area contributed by atoms with E-state index < -0.39 is 17.5 Å². The van der Waals surface area contributed by atoms with Gasteiger partial charge in [-0.15, -0.1) is 0 Å². The van der Waals surface area contributed by atoms with Gasteiger partial charge < -0.3 is 4.74 Å². The molecule has 0 spiro atoms. The molecular weight excluding hydrogens is 221 g/mol. The molecule has 1 aromatic heterocycles. The van der Waals surface area contributed by atoms with Crippen LogP contribution in [-0.2, 0) is 4.74 Å². The summed E-state index contributed by atoms with van der Waals surface area (Å²) >= 11 is 0. The molecule has 1 aromatic carbocycles. The summed E-state index contributed by atoms with van der Waals surface area (Å²) in [7, 11) is 0. The van der Waals surface area contributed by atoms with Crippen molar-refractivity contribution in [3.05, 3.63) is 36.3 Å². The van der Waals surface area contributed by atoms with Crippen LogP contribution < -0.4 is 0 Å². The van der Waals surface area contributed by atoms with Crippen LogP contribution in [0.2, 0.25) is 0 Å². The standard InChI is InChI=1S/C13H14FNO2/c1-13(2,3)17-12(16)15-8-7-9-5-4-6-10(14)11(9)15/h4-8H,1-3H3. The van der Waals surface area contributed by atoms with Gasteiger partial charge in [-0.25, -0.2) is 13.8 Å². The number of nitrogens with zero attached hydrogens (tertiary/aromatic N) is 1. The van der Waals surface area contributed by atoms with Crippen LogP contribution in [0.25, 0.3) is 10.9 Å². The highest BCUT2D eigenvalue weighted by Gasteiger charge is 2.20. The molecule has 0 fully saturated rings. The molecule has 3 nitrogen and oxygen atoms in total. The first-order chi connectivity index (χ1) is 7.88. The molecule has 0 radical (unpaired) electrons. The van der Waals surface area contributed by atoms with Gasteiger partial charge >= 0.3 is 6.09 Å². The Hall–Kier alpha value is -1.84. The fourth-order valence-electron chi connectivity index (χ4n) is 1.61. The molecule has 0 N–H and O–H groups in total. The van der Waals surface area contributed by atoms with E-state index in [-0.39, 0.29) is 5.52 Å². The zero-order chi connectivity index (χ0) is 12.6. The van der Waals surface area contributed by atoms with Crippen molar-refractivity contribution in [2.45, 2.75) is 26.4 Å². The summed E-state index contributed by atoms with van der Waals surface area (Å²) in [6.07, 6.45) is 0.944. The number of hydrogen-bond acceptors (Lipinski definition) is 2. The van der Waals surface area contributed by atoms with E-state index in [1.54, 1.807) is 39.0 Å². The Morgan fingerprint density at radius 1 is 1.29 bits per heavy atom. The summed E-state index contributed by atoms with van der Waals surface area (Å²) in [5.41, 5.74) is -0.347. The molecule has 0 aliphatic rings. The summed E-state index contributed by atoms with van der Waals surface area (Å²) in [6, 6.07) is 6.36. The second kappa shape index (κ2) is 3.87. The molecule has 0 saturated carbocycles. The van der Waals surface area contributed by atoms with E-state index in [1.807, 2.05) is 0 Å². The molecule has 0 aliphatic carbocycles. The van der Waals surface area contributed by atoms with Crippen LogP contribution >= 0.6 is 0 Å². The minimum Gasteiger partial charge on any atom is -0.443 e. The molecule has 17 heavy (non-hydrogen) atoms. The van der Waals surface area contributed by atoms with E-state index >= 15 is 0 Å². The maximum Gasteiger partial charge on any atom is 0.419 e. The Labute approximate surface area is 98.8 Å². The van der Waals surface area contributed by atoms with Gasteiger partial charge in [-0.1, -0.05) is 12.1 Å². The second-order valence-electron chi connectivity index (χ2n) is 4.84. The maximum atomic E-state index is 13.6. The van der Waals surface area contributed by atoms with E-state index in [2.05, 4.69) is 0 Å². The summed E-state index contributed by atoms with van der Waals surface area (Å²) < 4.78 is 20.0. The van der Waals surface area contributed by atoms with Crippen LogP contribution in [0.15, 0.2) is 30.5 Å². The van der Waals surface area contributed by atoms with Gasteiger partial charge in [-0.05, 0) is 32.9 Å². The summed E-state index contributed by atoms with van der Waals surface area (Å²) in [4.78, 5) is 11.9. The predicted octanol–water partition coefficient (Wildman–Crippen LogP) is 3.56. The van der Waals surface area contributed by atoms with Gasteiger partial charge in [0.2, 0.25) is 0 Å². The highest BCUT2D eigenvalue weighted by atomic mass is 19.1. The van der Waals surface area contributed by atoms with E-state index in [0.717, 1.165) is 0 Å². The third kappa shape index (κ3) is 2.30. The fraction of sp³-hybridized carbons (Fsp3) is 0.308. The molecule has 1 heterocycles. The Morgan fingerprint density at radius 2 is 2.00 bits per heavy atom. The molecule has 0 atom stereocenters. The first kappa shape index (κ1) is 11.6. The van der Waals surface area contributed by atoms with E-state index in [4.69, 9.17) is 4.74 Å². The monoisotopic (exact) mass is 235 g/mol. The summed E-state index contributed by atoms with van der Waals surface area (Å²) in [6.45, 7) is 5.31. The predicted molar refractivity (Wildman–Crippen MR) is 63.5 cm³/mol. The number of aromatic nitrogens is 1. The molecule has 90 valence electrons. The third-order valence-electron chi connectivity index (χ3n) is 2.25. The van der Waals surface area contributed by atoms with Crippen molar-refractivity contribution in [1.29, 1.82) is 0 Å². The number of rotatable bonds is 0. The van der Waals surface area contributed by atoms with Gasteiger partial charge in [0, 0.05) is 11.6 Å². The van der Waals surface area contributed by atoms with Crippen molar-refractivity contribution in [3.8, 4) is 0 Å². The third-order valence-corrected chi connectivity index (χ3v) is 2.25. The number of ether oxygens (including phenoxy) is 1. The number of fused-ring (bicyclic) bond motifs is 1. The van der Waals surface area contributed by atoms with Gasteiger partial charge in [0.1, 0.15) is 11.4 Å². The highest BCUT2D eigenvalue weighted by Crippen LogP contribution is 2.20. The molecule has 4 heteroatoms. The molecule has 2 rings (SSSR count). The lowest BCUT2D eigenvalue weighted by atomic mass is 10.2. The Kier molecular flexibility index (Phi) is 2.65. The largest absolute Gasteiger partial charge is 0.443 e. The quantitative estimate of drug-likeness (QED) is 0.699. The SMILES string of the molecule is CC(C)(C)OC(=O)n1ccc2cccc(F)c21. The molecule has 0 aliphatic heterocycles. The van der Waals surface area contributed by atoms with E-state index in [0.29, 0.717) is 5.39 Å². The number of carbonyl (C=O) groups is 1. The highest BCUT2D eigenvalue weighted by molar-refractivity contribution is 5.89. The van der Waals surface area contributed by atoms with Crippen molar-refractivity contribution < 1.29 is 13.9 Å². The summed E-state index contributed by atoms with van der Waals surface area (Å²) in [5, 5.41) is 0.677. The van der Waals surface area contributed by atoms with Crippen LogP contribution in [0, 0.1) is 5.82 Å². The van der Waals surface area contributed by atoms with Gasteiger partial charge in [-0.2, -0.15) is 0 Å². The number of para-hydroxylation sites is 1. The number of hydrogen-bond donors (Lipinski definition) is 0. The Balaban J connectivity index is 2.46. The average molecular weight is 235 g/mol. The van der Waals surface area contributed by atoms with Gasteiger partial charge in [0.25, 0.3) is 0 Å². The van der Waals surface area contributed by atoms with Crippen molar-refractivity contribution in [2.75, 3.05) is 0 Å². The lowest BCUT2D eigenvalue weighted by Crippen LogP contribution is -2.26. The number of halogens is 1. The molecule has 2 aromatic rings. The van der Waals surface area contributed by atoms with Crippen LogP contribution in [0.4, 0.5) is 9.18 Å². The van der Waals surface area contributed by atoms with Gasteiger partial charge in [0.05, 0.1) is 5.52 Å². The van der Waals surface area contributed by atoms with E-state index in [1.165, 1.54) is 16.8 Å². The van der Waals surface area contributed by atoms with Crippen molar-refractivity contribution in [1.82, 2.24) is 4.57 Å². The molecule has 0 saturated heterocycles. The maximum absolute atomic E-state index is 13.6. The Morgan fingerprint density at radius 3 is 2.65 bits per heavy atom. The molecule has 0 unspecified atom stereocenters. The first-order valence-corrected chi connectivity index (χ1v) is 5.37. The number of carbonyl (C=O) groups excluding carboxylic acids is 1. The first-order valence-electron chi connectivity index (χ1n) is 5.37. The summed E-state index contributed by atoms with van der Waals surface area (Å²) in [5.74, 6) is -0.432. The van der Waals surface area contributed by atoms with Crippen LogP contribution in [-0.4, -0.2) is 16.3 Å². The van der Waals surface area contributed by atoms with Crippen LogP contribution in [0.1, 0.15) is 20.8 Å². The fourth-order valence-corrected chi connectivity index (χ4v) is 1.61. The minimum atomic E-state index is -0.598. The van der Waals surface area contributed by atoms with Gasteiger partial charge in [-0.3, -0.25) is 0 Å². The Bertz CT molecular complexity index is 566. The van der Waals surface area contributed by atoms with Gasteiger partial charge in [0.15, 0.2) is 0 Å². The van der Waals surface area contributed by atoms with Crippen molar-refractivity contribution in [2.24, 2.45) is 0 Å². The lowest BCUT2D eigenvalue weighted by molar-refractivity contribution is 0.0543. The van der Waals surface area contributed by atoms with Crippen molar-refractivity contribution >= 4 is 17.0 Å². The van der Waals surface area contributed by atoms with Crippen LogP contribution in [0.3, 0.4) is 0 Å². The zero-order valence-corrected chi connectivity index (χ0v) is 10.0. The minimum absolute atomic E-state index is 0.252. The number of benzene rings is 1.